The number of aromatic nitrogens is 1. The molecule has 0 aliphatic rings. The van der Waals surface area contributed by atoms with E-state index in [1.807, 2.05) is 24.3 Å². The quantitative estimate of drug-likeness (QED) is 0.764. The minimum atomic E-state index is -0.739. The van der Waals surface area contributed by atoms with Gasteiger partial charge in [0.25, 0.3) is 0 Å². The lowest BCUT2D eigenvalue weighted by Gasteiger charge is -2.10. The molecule has 5 heteroatoms. The van der Waals surface area contributed by atoms with Gasteiger partial charge in [0.1, 0.15) is 0 Å². The van der Waals surface area contributed by atoms with Gasteiger partial charge in [-0.2, -0.15) is 0 Å². The van der Waals surface area contributed by atoms with Crippen LogP contribution in [0, 0.1) is 0 Å². The summed E-state index contributed by atoms with van der Waals surface area (Å²) < 4.78 is 0. The van der Waals surface area contributed by atoms with Crippen LogP contribution in [0.15, 0.2) is 30.5 Å². The second-order valence-corrected chi connectivity index (χ2v) is 4.48. The molecule has 1 aromatic heterocycles. The Bertz CT molecular complexity index is 533. The second-order valence-electron chi connectivity index (χ2n) is 4.07. The average Bonchev–Trinajstić information content (AvgIpc) is 2.41. The fourth-order valence-electron chi connectivity index (χ4n) is 1.78. The Balaban J connectivity index is 2.16. The lowest BCUT2D eigenvalue weighted by Crippen LogP contribution is -2.29. The number of nitrogens with one attached hydrogen (secondary N) is 1. The van der Waals surface area contributed by atoms with E-state index in [0.717, 1.165) is 16.5 Å². The number of pyridine rings is 1. The first kappa shape index (κ1) is 13.2. The van der Waals surface area contributed by atoms with Gasteiger partial charge in [-0.1, -0.05) is 17.7 Å². The van der Waals surface area contributed by atoms with Crippen molar-refractivity contribution in [1.29, 1.82) is 0 Å². The van der Waals surface area contributed by atoms with E-state index in [1.165, 1.54) is 0 Å². The molecular weight excluding hydrogens is 252 g/mol. The molecule has 1 heterocycles. The van der Waals surface area contributed by atoms with E-state index >= 15 is 0 Å². The van der Waals surface area contributed by atoms with Gasteiger partial charge in [-0.3, -0.25) is 4.98 Å². The maximum atomic E-state index is 9.24. The third kappa shape index (κ3) is 2.97. The Labute approximate surface area is 110 Å². The van der Waals surface area contributed by atoms with Crippen LogP contribution in [0.2, 0.25) is 5.02 Å². The zero-order valence-electron chi connectivity index (χ0n) is 9.81. The normalized spacial score (nSPS) is 12.8. The van der Waals surface area contributed by atoms with Gasteiger partial charge in [0, 0.05) is 29.7 Å². The highest BCUT2D eigenvalue weighted by molar-refractivity contribution is 6.35. The first-order valence-electron chi connectivity index (χ1n) is 5.74. The SMILES string of the molecule is OCC(O)CNCc1ccc(Cl)c2cccnc12. The molecule has 0 fully saturated rings. The smallest absolute Gasteiger partial charge is 0.0895 e. The van der Waals surface area contributed by atoms with E-state index in [-0.39, 0.29) is 6.61 Å². The summed E-state index contributed by atoms with van der Waals surface area (Å²) in [7, 11) is 0. The number of aliphatic hydroxyl groups excluding tert-OH is 2. The van der Waals surface area contributed by atoms with Gasteiger partial charge in [0.05, 0.1) is 18.2 Å². The van der Waals surface area contributed by atoms with Crippen molar-refractivity contribution in [3.8, 4) is 0 Å². The van der Waals surface area contributed by atoms with Crippen molar-refractivity contribution in [2.75, 3.05) is 13.2 Å². The van der Waals surface area contributed by atoms with Gasteiger partial charge in [0.15, 0.2) is 0 Å². The van der Waals surface area contributed by atoms with Crippen molar-refractivity contribution < 1.29 is 10.2 Å². The number of halogens is 1. The predicted octanol–water partition coefficient (Wildman–Crippen LogP) is 1.33. The van der Waals surface area contributed by atoms with Gasteiger partial charge in [-0.05, 0) is 23.8 Å². The van der Waals surface area contributed by atoms with Crippen molar-refractivity contribution >= 4 is 22.5 Å². The molecule has 1 unspecified atom stereocenters. The van der Waals surface area contributed by atoms with Crippen LogP contribution >= 0.6 is 11.6 Å². The molecule has 0 spiro atoms. The zero-order chi connectivity index (χ0) is 13.0. The van der Waals surface area contributed by atoms with Crippen LogP contribution in [-0.4, -0.2) is 34.5 Å². The molecular formula is C13H15ClN2O2. The fraction of sp³-hybridized carbons (Fsp3) is 0.308. The van der Waals surface area contributed by atoms with E-state index < -0.39 is 6.10 Å². The summed E-state index contributed by atoms with van der Waals surface area (Å²) in [5, 5.41) is 22.6. The van der Waals surface area contributed by atoms with Crippen LogP contribution in [0.4, 0.5) is 0 Å². The largest absolute Gasteiger partial charge is 0.394 e. The number of hydrogen-bond donors (Lipinski definition) is 3. The maximum Gasteiger partial charge on any atom is 0.0895 e. The molecule has 3 N–H and O–H groups in total. The molecule has 2 rings (SSSR count). The van der Waals surface area contributed by atoms with Crippen LogP contribution in [0.5, 0.6) is 0 Å². The Morgan fingerprint density at radius 3 is 2.94 bits per heavy atom. The summed E-state index contributed by atoms with van der Waals surface area (Å²) in [5.41, 5.74) is 1.87. The molecule has 2 aromatic rings. The van der Waals surface area contributed by atoms with Crippen LogP contribution in [0.1, 0.15) is 5.56 Å². The van der Waals surface area contributed by atoms with Crippen molar-refractivity contribution in [3.05, 3.63) is 41.0 Å². The Kier molecular flexibility index (Phi) is 4.49. The third-order valence-electron chi connectivity index (χ3n) is 2.71. The summed E-state index contributed by atoms with van der Waals surface area (Å²) >= 11 is 6.10. The summed E-state index contributed by atoms with van der Waals surface area (Å²) in [4.78, 5) is 4.32. The van der Waals surface area contributed by atoms with Gasteiger partial charge >= 0.3 is 0 Å². The number of rotatable bonds is 5. The zero-order valence-corrected chi connectivity index (χ0v) is 10.6. The minimum Gasteiger partial charge on any atom is -0.394 e. The molecule has 0 bridgehead atoms. The third-order valence-corrected chi connectivity index (χ3v) is 3.04. The predicted molar refractivity (Wildman–Crippen MR) is 71.6 cm³/mol. The second kappa shape index (κ2) is 6.11. The van der Waals surface area contributed by atoms with Gasteiger partial charge < -0.3 is 15.5 Å². The number of fused-ring (bicyclic) bond motifs is 1. The molecule has 0 amide bonds. The number of aliphatic hydroxyl groups is 2. The van der Waals surface area contributed by atoms with Gasteiger partial charge in [0.2, 0.25) is 0 Å². The van der Waals surface area contributed by atoms with E-state index in [1.54, 1.807) is 6.20 Å². The van der Waals surface area contributed by atoms with Gasteiger partial charge in [-0.25, -0.2) is 0 Å². The van der Waals surface area contributed by atoms with E-state index in [0.29, 0.717) is 18.1 Å². The first-order valence-corrected chi connectivity index (χ1v) is 6.12. The molecule has 18 heavy (non-hydrogen) atoms. The summed E-state index contributed by atoms with van der Waals surface area (Å²) in [6.07, 6.45) is 0.988. The number of hydrogen-bond acceptors (Lipinski definition) is 4. The molecule has 4 nitrogen and oxygen atoms in total. The van der Waals surface area contributed by atoms with Crippen molar-refractivity contribution in [2.24, 2.45) is 0 Å². The Hall–Kier alpha value is -1.20. The number of nitrogens with zero attached hydrogens (tertiary/aromatic N) is 1. The molecule has 0 saturated carbocycles. The van der Waals surface area contributed by atoms with Crippen LogP contribution in [0.3, 0.4) is 0 Å². The summed E-state index contributed by atoms with van der Waals surface area (Å²) in [6, 6.07) is 7.53. The number of benzene rings is 1. The fourth-order valence-corrected chi connectivity index (χ4v) is 1.99. The van der Waals surface area contributed by atoms with Gasteiger partial charge in [-0.15, -0.1) is 0 Å². The summed E-state index contributed by atoms with van der Waals surface area (Å²) in [6.45, 7) is 0.668. The molecule has 1 atom stereocenters. The molecule has 96 valence electrons. The van der Waals surface area contributed by atoms with Crippen molar-refractivity contribution in [1.82, 2.24) is 10.3 Å². The van der Waals surface area contributed by atoms with E-state index in [9.17, 15) is 5.11 Å². The van der Waals surface area contributed by atoms with Crippen molar-refractivity contribution in [2.45, 2.75) is 12.6 Å². The Morgan fingerprint density at radius 1 is 1.33 bits per heavy atom. The van der Waals surface area contributed by atoms with Crippen LogP contribution in [-0.2, 0) is 6.54 Å². The highest BCUT2D eigenvalue weighted by atomic mass is 35.5. The topological polar surface area (TPSA) is 65.4 Å². The first-order chi connectivity index (χ1) is 8.72. The highest BCUT2D eigenvalue weighted by Gasteiger charge is 2.06. The highest BCUT2D eigenvalue weighted by Crippen LogP contribution is 2.24. The van der Waals surface area contributed by atoms with Crippen molar-refractivity contribution in [3.63, 3.8) is 0 Å². The lowest BCUT2D eigenvalue weighted by atomic mass is 10.1. The molecule has 0 aliphatic carbocycles. The lowest BCUT2D eigenvalue weighted by molar-refractivity contribution is 0.0942. The standard InChI is InChI=1S/C13H15ClN2O2/c14-12-4-3-9(6-15-7-10(18)8-17)13-11(12)2-1-5-16-13/h1-5,10,15,17-18H,6-8H2. The van der Waals surface area contributed by atoms with E-state index in [4.69, 9.17) is 16.7 Å². The van der Waals surface area contributed by atoms with Crippen LogP contribution in [0.25, 0.3) is 10.9 Å². The maximum absolute atomic E-state index is 9.24. The molecule has 1 aromatic carbocycles. The molecule has 0 saturated heterocycles. The molecule has 0 aliphatic heterocycles. The average molecular weight is 267 g/mol. The Morgan fingerprint density at radius 2 is 2.17 bits per heavy atom. The molecule has 0 radical (unpaired) electrons. The monoisotopic (exact) mass is 266 g/mol. The van der Waals surface area contributed by atoms with Crippen LogP contribution < -0.4 is 5.32 Å². The summed E-state index contributed by atoms with van der Waals surface area (Å²) in [5.74, 6) is 0. The van der Waals surface area contributed by atoms with E-state index in [2.05, 4.69) is 10.3 Å². The minimum absolute atomic E-state index is 0.243.